The molecule has 0 aliphatic heterocycles. The second-order valence-electron chi connectivity index (χ2n) is 2.99. The van der Waals surface area contributed by atoms with E-state index in [9.17, 15) is 4.79 Å². The molecule has 0 spiro atoms. The normalized spacial score (nSPS) is 10.8. The van der Waals surface area contributed by atoms with Crippen molar-refractivity contribution in [2.24, 2.45) is 0 Å². The predicted octanol–water partition coefficient (Wildman–Crippen LogP) is 0.607. The third kappa shape index (κ3) is 2.12. The van der Waals surface area contributed by atoms with E-state index in [1.807, 2.05) is 6.92 Å². The summed E-state index contributed by atoms with van der Waals surface area (Å²) in [5.41, 5.74) is 0. The van der Waals surface area contributed by atoms with Gasteiger partial charge in [0.05, 0.1) is 0 Å². The van der Waals surface area contributed by atoms with Crippen LogP contribution in [0.25, 0.3) is 0 Å². The van der Waals surface area contributed by atoms with Gasteiger partial charge in [-0.2, -0.15) is 5.10 Å². The zero-order valence-electron chi connectivity index (χ0n) is 8.43. The fraction of sp³-hybridized carbons (Fsp3) is 0.500. The molecule has 15 heavy (non-hydrogen) atoms. The van der Waals surface area contributed by atoms with Crippen LogP contribution in [-0.4, -0.2) is 20.0 Å². The van der Waals surface area contributed by atoms with Crippen molar-refractivity contribution >= 4 is 11.3 Å². The minimum Gasteiger partial charge on any atom is -0.423 e. The van der Waals surface area contributed by atoms with Crippen molar-refractivity contribution in [3.63, 3.8) is 0 Å². The van der Waals surface area contributed by atoms with Crippen LogP contribution in [0.5, 0.6) is 0 Å². The molecule has 6 nitrogen and oxygen atoms in total. The first-order valence-electron chi connectivity index (χ1n) is 4.55. The Hall–Kier alpha value is -1.50. The summed E-state index contributed by atoms with van der Waals surface area (Å²) in [5, 5.41) is 12.4. The Balaban J connectivity index is 2.21. The van der Waals surface area contributed by atoms with Crippen LogP contribution in [0.3, 0.4) is 0 Å². The minimum atomic E-state index is -0.108. The highest BCUT2D eigenvalue weighted by Gasteiger charge is 2.08. The fourth-order valence-electron chi connectivity index (χ4n) is 1.13. The summed E-state index contributed by atoms with van der Waals surface area (Å²) >= 11 is 1.11. The van der Waals surface area contributed by atoms with Gasteiger partial charge in [-0.1, -0.05) is 18.3 Å². The zero-order valence-corrected chi connectivity index (χ0v) is 9.24. The molecule has 2 aromatic heterocycles. The van der Waals surface area contributed by atoms with Crippen molar-refractivity contribution in [2.45, 2.75) is 26.8 Å². The average molecular weight is 226 g/mol. The highest BCUT2D eigenvalue weighted by molar-refractivity contribution is 7.08. The zero-order chi connectivity index (χ0) is 10.8. The Kier molecular flexibility index (Phi) is 2.63. The van der Waals surface area contributed by atoms with E-state index in [4.69, 9.17) is 4.42 Å². The molecule has 2 rings (SSSR count). The largest absolute Gasteiger partial charge is 0.423 e. The van der Waals surface area contributed by atoms with E-state index >= 15 is 0 Å². The number of hydrogen-bond acceptors (Lipinski definition) is 6. The van der Waals surface area contributed by atoms with Gasteiger partial charge in [0.2, 0.25) is 11.8 Å². The van der Waals surface area contributed by atoms with Crippen LogP contribution < -0.4 is 4.87 Å². The van der Waals surface area contributed by atoms with Gasteiger partial charge in [0.1, 0.15) is 11.6 Å². The monoisotopic (exact) mass is 226 g/mol. The van der Waals surface area contributed by atoms with E-state index < -0.39 is 0 Å². The molecule has 0 aliphatic rings. The summed E-state index contributed by atoms with van der Waals surface area (Å²) in [5.74, 6) is 0.990. The second-order valence-corrected chi connectivity index (χ2v) is 4.13. The summed E-state index contributed by atoms with van der Waals surface area (Å²) in [7, 11) is 0. The third-order valence-electron chi connectivity index (χ3n) is 1.80. The summed E-state index contributed by atoms with van der Waals surface area (Å²) in [6.45, 7) is 3.96. The van der Waals surface area contributed by atoms with E-state index in [1.54, 1.807) is 6.92 Å². The van der Waals surface area contributed by atoms with Crippen molar-refractivity contribution < 1.29 is 4.42 Å². The molecule has 0 amide bonds. The SMILES string of the molecule is CCc1nnc(Cn2nc(C)sc2=O)o1. The highest BCUT2D eigenvalue weighted by atomic mass is 32.1. The van der Waals surface area contributed by atoms with Gasteiger partial charge in [-0.25, -0.2) is 4.68 Å². The number of hydrogen-bond donors (Lipinski definition) is 0. The molecule has 2 heterocycles. The van der Waals surface area contributed by atoms with Gasteiger partial charge in [-0.05, 0) is 6.92 Å². The molecule has 0 unspecified atom stereocenters. The van der Waals surface area contributed by atoms with E-state index in [0.29, 0.717) is 18.2 Å². The number of aryl methyl sites for hydroxylation is 2. The highest BCUT2D eigenvalue weighted by Crippen LogP contribution is 2.02. The van der Waals surface area contributed by atoms with Gasteiger partial charge in [0, 0.05) is 6.42 Å². The average Bonchev–Trinajstić information content (AvgIpc) is 2.75. The van der Waals surface area contributed by atoms with Gasteiger partial charge in [-0.15, -0.1) is 10.2 Å². The van der Waals surface area contributed by atoms with Gasteiger partial charge < -0.3 is 4.42 Å². The minimum absolute atomic E-state index is 0.108. The Morgan fingerprint density at radius 2 is 2.13 bits per heavy atom. The molecule has 0 saturated heterocycles. The molecular weight excluding hydrogens is 216 g/mol. The Labute approximate surface area is 89.6 Å². The Bertz CT molecular complexity index is 513. The molecular formula is C8H10N4O2S. The number of aromatic nitrogens is 4. The van der Waals surface area contributed by atoms with E-state index in [2.05, 4.69) is 15.3 Å². The maximum absolute atomic E-state index is 11.3. The number of nitrogens with zero attached hydrogens (tertiary/aromatic N) is 4. The maximum atomic E-state index is 11.3. The molecule has 0 atom stereocenters. The quantitative estimate of drug-likeness (QED) is 0.766. The Morgan fingerprint density at radius 1 is 1.40 bits per heavy atom. The van der Waals surface area contributed by atoms with Crippen molar-refractivity contribution in [1.82, 2.24) is 20.0 Å². The summed E-state index contributed by atoms with van der Waals surface area (Å²) in [6.07, 6.45) is 0.692. The molecule has 0 aliphatic carbocycles. The maximum Gasteiger partial charge on any atom is 0.325 e. The first-order chi connectivity index (χ1) is 7.19. The van der Waals surface area contributed by atoms with Gasteiger partial charge in [0.15, 0.2) is 0 Å². The van der Waals surface area contributed by atoms with E-state index in [0.717, 1.165) is 16.3 Å². The van der Waals surface area contributed by atoms with Crippen LogP contribution >= 0.6 is 11.3 Å². The lowest BCUT2D eigenvalue weighted by Crippen LogP contribution is -2.15. The molecule has 0 N–H and O–H groups in total. The molecule has 0 bridgehead atoms. The van der Waals surface area contributed by atoms with Gasteiger partial charge >= 0.3 is 4.87 Å². The van der Waals surface area contributed by atoms with Crippen molar-refractivity contribution in [3.8, 4) is 0 Å². The lowest BCUT2D eigenvalue weighted by molar-refractivity contribution is 0.430. The van der Waals surface area contributed by atoms with E-state index in [-0.39, 0.29) is 11.4 Å². The Morgan fingerprint density at radius 3 is 2.67 bits per heavy atom. The molecule has 0 saturated carbocycles. The van der Waals surface area contributed by atoms with Crippen LogP contribution in [0.2, 0.25) is 0 Å². The summed E-state index contributed by atoms with van der Waals surface area (Å²) in [6, 6.07) is 0. The lowest BCUT2D eigenvalue weighted by atomic mass is 10.5. The standard InChI is InChI=1S/C8H10N4O2S/c1-3-6-9-10-7(14-6)4-12-8(13)15-5(2)11-12/h3-4H2,1-2H3. The van der Waals surface area contributed by atoms with Crippen LogP contribution in [0.4, 0.5) is 0 Å². The lowest BCUT2D eigenvalue weighted by Gasteiger charge is -1.92. The fourth-order valence-corrected chi connectivity index (χ4v) is 1.74. The molecule has 0 radical (unpaired) electrons. The molecule has 0 aromatic carbocycles. The van der Waals surface area contributed by atoms with Gasteiger partial charge in [-0.3, -0.25) is 4.79 Å². The smallest absolute Gasteiger partial charge is 0.325 e. The van der Waals surface area contributed by atoms with Crippen molar-refractivity contribution in [3.05, 3.63) is 26.5 Å². The molecule has 2 aromatic rings. The predicted molar refractivity (Wildman–Crippen MR) is 53.9 cm³/mol. The van der Waals surface area contributed by atoms with Crippen LogP contribution in [0, 0.1) is 6.92 Å². The second kappa shape index (κ2) is 3.93. The van der Waals surface area contributed by atoms with Gasteiger partial charge in [0.25, 0.3) is 0 Å². The summed E-state index contributed by atoms with van der Waals surface area (Å²) in [4.78, 5) is 11.2. The molecule has 80 valence electrons. The topological polar surface area (TPSA) is 73.8 Å². The third-order valence-corrected chi connectivity index (χ3v) is 2.57. The van der Waals surface area contributed by atoms with E-state index in [1.165, 1.54) is 4.68 Å². The molecule has 0 fully saturated rings. The molecule has 7 heteroatoms. The van der Waals surface area contributed by atoms with Crippen LogP contribution in [0.1, 0.15) is 23.7 Å². The first-order valence-corrected chi connectivity index (χ1v) is 5.36. The van der Waals surface area contributed by atoms with Crippen LogP contribution in [0.15, 0.2) is 9.21 Å². The van der Waals surface area contributed by atoms with Crippen molar-refractivity contribution in [1.29, 1.82) is 0 Å². The van der Waals surface area contributed by atoms with Crippen molar-refractivity contribution in [2.75, 3.05) is 0 Å². The number of rotatable bonds is 3. The van der Waals surface area contributed by atoms with Crippen LogP contribution in [-0.2, 0) is 13.0 Å². The first kappa shape index (κ1) is 10.0. The summed E-state index contributed by atoms with van der Waals surface area (Å²) < 4.78 is 6.61.